The Hall–Kier alpha value is -0.620. The average molecular weight is 277 g/mol. The van der Waals surface area contributed by atoms with Crippen LogP contribution < -0.4 is 0 Å². The fraction of sp³-hybridized carbons (Fsp3) is 0.917. The lowest BCUT2D eigenvalue weighted by atomic mass is 9.99. The molecule has 0 N–H and O–H groups in total. The van der Waals surface area contributed by atoms with Gasteiger partial charge in [-0.15, -0.1) is 0 Å². The monoisotopic (exact) mass is 277 g/mol. The van der Waals surface area contributed by atoms with Crippen LogP contribution in [0.25, 0.3) is 0 Å². The predicted molar refractivity (Wildman–Crippen MR) is 69.5 cm³/mol. The van der Waals surface area contributed by atoms with Crippen LogP contribution in [0.5, 0.6) is 0 Å². The zero-order valence-corrected chi connectivity index (χ0v) is 12.6. The number of ether oxygens (including phenoxy) is 1. The second kappa shape index (κ2) is 5.17. The Balaban J connectivity index is 2.79. The van der Waals surface area contributed by atoms with Crippen LogP contribution in [-0.4, -0.2) is 44.6 Å². The fourth-order valence-corrected chi connectivity index (χ4v) is 4.37. The highest BCUT2D eigenvalue weighted by Crippen LogP contribution is 2.28. The van der Waals surface area contributed by atoms with E-state index in [2.05, 4.69) is 0 Å². The third-order valence-electron chi connectivity index (χ3n) is 3.09. The lowest BCUT2D eigenvalue weighted by Gasteiger charge is -2.23. The van der Waals surface area contributed by atoms with Crippen molar-refractivity contribution >= 4 is 16.0 Å². The summed E-state index contributed by atoms with van der Waals surface area (Å²) in [4.78, 5) is 11.5. The predicted octanol–water partition coefficient (Wildman–Crippen LogP) is 1.10. The molecule has 0 aromatic carbocycles. The molecule has 6 heteroatoms. The van der Waals surface area contributed by atoms with Gasteiger partial charge in [0.15, 0.2) is 0 Å². The quantitative estimate of drug-likeness (QED) is 0.725. The van der Waals surface area contributed by atoms with Gasteiger partial charge in [-0.2, -0.15) is 0 Å². The molecule has 0 bridgehead atoms. The summed E-state index contributed by atoms with van der Waals surface area (Å²) in [6.07, 6.45) is 0. The molecule has 1 fully saturated rings. The molecule has 0 aliphatic carbocycles. The van der Waals surface area contributed by atoms with Crippen LogP contribution in [0.4, 0.5) is 0 Å². The van der Waals surface area contributed by atoms with Crippen molar-refractivity contribution in [3.63, 3.8) is 0 Å². The first kappa shape index (κ1) is 15.4. The number of rotatable bonds is 3. The van der Waals surface area contributed by atoms with Crippen molar-refractivity contribution in [2.75, 3.05) is 26.0 Å². The molecular weight excluding hydrogens is 254 g/mol. The third-order valence-corrected chi connectivity index (χ3v) is 5.41. The summed E-state index contributed by atoms with van der Waals surface area (Å²) in [5.41, 5.74) is -0.286. The molecule has 2 atom stereocenters. The van der Waals surface area contributed by atoms with E-state index in [0.29, 0.717) is 6.54 Å². The number of hydrogen-bond acceptors (Lipinski definition) is 4. The number of hydrogen-bond donors (Lipinski definition) is 0. The van der Waals surface area contributed by atoms with E-state index in [1.54, 1.807) is 0 Å². The van der Waals surface area contributed by atoms with Crippen LogP contribution in [0.3, 0.4) is 0 Å². The summed E-state index contributed by atoms with van der Waals surface area (Å²) in [5, 5.41) is 0. The molecule has 0 radical (unpaired) electrons. The van der Waals surface area contributed by atoms with E-state index in [1.165, 1.54) is 11.4 Å². The number of nitrogens with zero attached hydrogens (tertiary/aromatic N) is 1. The SMILES string of the molecule is COC(=O)C1CN(S(=O)(=O)CC(C)(C)C)CC1C. The van der Waals surface area contributed by atoms with E-state index in [1.807, 2.05) is 27.7 Å². The van der Waals surface area contributed by atoms with Crippen molar-refractivity contribution in [1.29, 1.82) is 0 Å². The maximum Gasteiger partial charge on any atom is 0.310 e. The van der Waals surface area contributed by atoms with Gasteiger partial charge in [0.1, 0.15) is 0 Å². The Morgan fingerprint density at radius 1 is 1.33 bits per heavy atom. The van der Waals surface area contributed by atoms with Gasteiger partial charge in [-0.1, -0.05) is 27.7 Å². The smallest absolute Gasteiger partial charge is 0.310 e. The first-order chi connectivity index (χ1) is 8.07. The Labute approximate surface area is 110 Å². The van der Waals surface area contributed by atoms with E-state index >= 15 is 0 Å². The van der Waals surface area contributed by atoms with Crippen LogP contribution in [0.2, 0.25) is 0 Å². The molecular formula is C12H23NO4S. The standard InChI is InChI=1S/C12H23NO4S/c1-9-6-13(7-10(9)11(14)17-5)18(15,16)8-12(2,3)4/h9-10H,6-8H2,1-5H3. The molecule has 0 saturated carbocycles. The van der Waals surface area contributed by atoms with E-state index < -0.39 is 10.0 Å². The summed E-state index contributed by atoms with van der Waals surface area (Å²) in [7, 11) is -1.97. The minimum Gasteiger partial charge on any atom is -0.469 e. The molecule has 2 unspecified atom stereocenters. The molecule has 1 aliphatic rings. The summed E-state index contributed by atoms with van der Waals surface area (Å²) >= 11 is 0. The third kappa shape index (κ3) is 3.68. The van der Waals surface area contributed by atoms with Gasteiger partial charge in [0.2, 0.25) is 10.0 Å². The number of methoxy groups -OCH3 is 1. The molecule has 0 aromatic rings. The molecule has 0 aromatic heterocycles. The highest BCUT2D eigenvalue weighted by atomic mass is 32.2. The normalized spacial score (nSPS) is 26.3. The largest absolute Gasteiger partial charge is 0.469 e. The lowest BCUT2D eigenvalue weighted by Crippen LogP contribution is -2.36. The number of esters is 1. The molecule has 1 saturated heterocycles. The first-order valence-electron chi connectivity index (χ1n) is 6.12. The summed E-state index contributed by atoms with van der Waals surface area (Å²) in [6, 6.07) is 0. The Bertz CT molecular complexity index is 410. The summed E-state index contributed by atoms with van der Waals surface area (Å²) < 4.78 is 30.6. The van der Waals surface area contributed by atoms with Crippen molar-refractivity contribution < 1.29 is 17.9 Å². The Kier molecular flexibility index (Phi) is 4.43. The number of carbonyl (C=O) groups excluding carboxylic acids is 1. The highest BCUT2D eigenvalue weighted by molar-refractivity contribution is 7.89. The van der Waals surface area contributed by atoms with Gasteiger partial charge < -0.3 is 4.74 Å². The van der Waals surface area contributed by atoms with E-state index in [-0.39, 0.29) is 35.5 Å². The Morgan fingerprint density at radius 3 is 2.33 bits per heavy atom. The van der Waals surface area contributed by atoms with Crippen LogP contribution in [-0.2, 0) is 19.6 Å². The van der Waals surface area contributed by atoms with Gasteiger partial charge in [0.25, 0.3) is 0 Å². The van der Waals surface area contributed by atoms with Gasteiger partial charge in [-0.3, -0.25) is 4.79 Å². The van der Waals surface area contributed by atoms with Gasteiger partial charge >= 0.3 is 5.97 Å². The van der Waals surface area contributed by atoms with Crippen molar-refractivity contribution in [2.45, 2.75) is 27.7 Å². The zero-order valence-electron chi connectivity index (χ0n) is 11.8. The zero-order chi connectivity index (χ0) is 14.1. The molecule has 1 heterocycles. The summed E-state index contributed by atoms with van der Waals surface area (Å²) in [6.45, 7) is 8.20. The maximum atomic E-state index is 12.2. The maximum absolute atomic E-state index is 12.2. The van der Waals surface area contributed by atoms with Crippen molar-refractivity contribution in [3.05, 3.63) is 0 Å². The average Bonchev–Trinajstić information content (AvgIpc) is 2.56. The highest BCUT2D eigenvalue weighted by Gasteiger charge is 2.41. The minimum absolute atomic E-state index is 0.00666. The van der Waals surface area contributed by atoms with Crippen LogP contribution in [0.1, 0.15) is 27.7 Å². The second-order valence-electron chi connectivity index (χ2n) is 6.24. The van der Waals surface area contributed by atoms with Gasteiger partial charge in [-0.25, -0.2) is 12.7 Å². The number of carbonyl (C=O) groups is 1. The van der Waals surface area contributed by atoms with Crippen molar-refractivity contribution in [2.24, 2.45) is 17.3 Å². The van der Waals surface area contributed by atoms with Crippen LogP contribution in [0.15, 0.2) is 0 Å². The fourth-order valence-electron chi connectivity index (χ4n) is 2.25. The van der Waals surface area contributed by atoms with Crippen LogP contribution >= 0.6 is 0 Å². The van der Waals surface area contributed by atoms with Gasteiger partial charge in [0, 0.05) is 13.1 Å². The number of sulfonamides is 1. The topological polar surface area (TPSA) is 63.7 Å². The van der Waals surface area contributed by atoms with Crippen molar-refractivity contribution in [1.82, 2.24) is 4.31 Å². The van der Waals surface area contributed by atoms with Crippen LogP contribution in [0, 0.1) is 17.3 Å². The molecule has 106 valence electrons. The van der Waals surface area contributed by atoms with Crippen molar-refractivity contribution in [3.8, 4) is 0 Å². The molecule has 1 rings (SSSR count). The molecule has 0 amide bonds. The van der Waals surface area contributed by atoms with E-state index in [0.717, 1.165) is 0 Å². The molecule has 5 nitrogen and oxygen atoms in total. The first-order valence-corrected chi connectivity index (χ1v) is 7.73. The molecule has 18 heavy (non-hydrogen) atoms. The van der Waals surface area contributed by atoms with Gasteiger partial charge in [0.05, 0.1) is 18.8 Å². The van der Waals surface area contributed by atoms with Gasteiger partial charge in [-0.05, 0) is 11.3 Å². The van der Waals surface area contributed by atoms with E-state index in [4.69, 9.17) is 4.74 Å². The Morgan fingerprint density at radius 2 is 1.89 bits per heavy atom. The molecule has 1 aliphatic heterocycles. The molecule has 0 spiro atoms. The summed E-state index contributed by atoms with van der Waals surface area (Å²) in [5.74, 6) is -0.562. The van der Waals surface area contributed by atoms with E-state index in [9.17, 15) is 13.2 Å². The lowest BCUT2D eigenvalue weighted by molar-refractivity contribution is -0.145. The minimum atomic E-state index is -3.30. The second-order valence-corrected chi connectivity index (χ2v) is 8.21.